The average molecular weight is 337 g/mol. The van der Waals surface area contributed by atoms with Crippen molar-refractivity contribution < 1.29 is 15.0 Å². The molecule has 0 fully saturated rings. The number of carbonyl (C=O) groups excluding carboxylic acids is 1. The number of carbonyl (C=O) groups is 1. The SMILES string of the molecule is Cc1cccc(=O)n1C[C@@](C)(O)C(=O)Nc1cccc(Cl)c1O. The molecular weight excluding hydrogens is 320 g/mol. The van der Waals surface area contributed by atoms with E-state index in [1.165, 1.54) is 29.7 Å². The summed E-state index contributed by atoms with van der Waals surface area (Å²) in [5.74, 6) is -1.04. The van der Waals surface area contributed by atoms with Crippen LogP contribution in [0.1, 0.15) is 12.6 Å². The van der Waals surface area contributed by atoms with Crippen molar-refractivity contribution in [1.82, 2.24) is 4.57 Å². The Labute approximate surface area is 138 Å². The zero-order chi connectivity index (χ0) is 17.2. The fraction of sp³-hybridized carbons (Fsp3) is 0.250. The van der Waals surface area contributed by atoms with Crippen LogP contribution in [0.3, 0.4) is 0 Å². The van der Waals surface area contributed by atoms with Gasteiger partial charge in [0.1, 0.15) is 0 Å². The van der Waals surface area contributed by atoms with Crippen LogP contribution in [-0.4, -0.2) is 26.3 Å². The number of amides is 1. The molecule has 7 heteroatoms. The normalized spacial score (nSPS) is 13.4. The van der Waals surface area contributed by atoms with Crippen LogP contribution in [0.4, 0.5) is 5.69 Å². The van der Waals surface area contributed by atoms with E-state index < -0.39 is 11.5 Å². The maximum atomic E-state index is 12.3. The van der Waals surface area contributed by atoms with E-state index >= 15 is 0 Å². The third-order valence-corrected chi connectivity index (χ3v) is 3.76. The molecule has 3 N–H and O–H groups in total. The maximum Gasteiger partial charge on any atom is 0.258 e. The summed E-state index contributed by atoms with van der Waals surface area (Å²) in [4.78, 5) is 24.2. The standard InChI is InChI=1S/C16H17ClN2O4/c1-10-5-3-8-13(20)19(10)9-16(2,23)15(22)18-12-7-4-6-11(17)14(12)21/h3-8,21,23H,9H2,1-2H3,(H,18,22)/t16-/m1/s1. The van der Waals surface area contributed by atoms with Gasteiger partial charge in [0.2, 0.25) is 0 Å². The predicted molar refractivity (Wildman–Crippen MR) is 87.8 cm³/mol. The molecule has 0 spiro atoms. The lowest BCUT2D eigenvalue weighted by atomic mass is 10.1. The molecule has 23 heavy (non-hydrogen) atoms. The molecule has 1 aromatic carbocycles. The Morgan fingerprint density at radius 1 is 1.30 bits per heavy atom. The van der Waals surface area contributed by atoms with E-state index in [0.717, 1.165) is 0 Å². The number of aliphatic hydroxyl groups is 1. The number of halogens is 1. The van der Waals surface area contributed by atoms with Crippen molar-refractivity contribution in [3.8, 4) is 5.75 Å². The lowest BCUT2D eigenvalue weighted by Gasteiger charge is -2.24. The first-order chi connectivity index (χ1) is 10.7. The van der Waals surface area contributed by atoms with Gasteiger partial charge in [-0.25, -0.2) is 0 Å². The molecule has 0 aliphatic heterocycles. The van der Waals surface area contributed by atoms with Crippen LogP contribution in [-0.2, 0) is 11.3 Å². The van der Waals surface area contributed by atoms with Crippen LogP contribution in [0.5, 0.6) is 5.75 Å². The van der Waals surface area contributed by atoms with Crippen LogP contribution in [0.25, 0.3) is 0 Å². The summed E-state index contributed by atoms with van der Waals surface area (Å²) in [6, 6.07) is 9.14. The first-order valence-corrected chi connectivity index (χ1v) is 7.28. The van der Waals surface area contributed by atoms with Crippen LogP contribution in [0, 0.1) is 6.92 Å². The second-order valence-electron chi connectivity index (χ2n) is 5.46. The highest BCUT2D eigenvalue weighted by Crippen LogP contribution is 2.31. The Morgan fingerprint density at radius 3 is 2.61 bits per heavy atom. The number of benzene rings is 1. The number of hydrogen-bond donors (Lipinski definition) is 3. The van der Waals surface area contributed by atoms with E-state index in [2.05, 4.69) is 5.32 Å². The molecule has 1 heterocycles. The lowest BCUT2D eigenvalue weighted by molar-refractivity contribution is -0.133. The van der Waals surface area contributed by atoms with Gasteiger partial charge < -0.3 is 20.1 Å². The topological polar surface area (TPSA) is 91.6 Å². The van der Waals surface area contributed by atoms with Crippen molar-refractivity contribution in [2.45, 2.75) is 26.0 Å². The van der Waals surface area contributed by atoms with Crippen molar-refractivity contribution in [2.75, 3.05) is 5.32 Å². The van der Waals surface area contributed by atoms with Crippen molar-refractivity contribution in [3.05, 3.63) is 57.5 Å². The van der Waals surface area contributed by atoms with Crippen LogP contribution in [0.2, 0.25) is 5.02 Å². The number of phenolic OH excluding ortho intramolecular Hbond substituents is 1. The maximum absolute atomic E-state index is 12.3. The van der Waals surface area contributed by atoms with Gasteiger partial charge in [-0.05, 0) is 32.0 Å². The molecule has 122 valence electrons. The van der Waals surface area contributed by atoms with Crippen molar-refractivity contribution in [1.29, 1.82) is 0 Å². The molecule has 1 aromatic heterocycles. The molecule has 2 aromatic rings. The number of anilines is 1. The molecule has 0 saturated heterocycles. The number of aryl methyl sites for hydroxylation is 1. The number of aromatic hydroxyl groups is 1. The van der Waals surface area contributed by atoms with E-state index in [1.54, 1.807) is 25.1 Å². The Morgan fingerprint density at radius 2 is 1.96 bits per heavy atom. The average Bonchev–Trinajstić information content (AvgIpc) is 2.48. The quantitative estimate of drug-likeness (QED) is 0.744. The first kappa shape index (κ1) is 17.1. The minimum Gasteiger partial charge on any atom is -0.504 e. The molecule has 0 radical (unpaired) electrons. The molecule has 6 nitrogen and oxygen atoms in total. The molecule has 2 rings (SSSR count). The summed E-state index contributed by atoms with van der Waals surface area (Å²) in [5, 5.41) is 22.7. The minimum atomic E-state index is -1.86. The van der Waals surface area contributed by atoms with E-state index in [0.29, 0.717) is 5.69 Å². The van der Waals surface area contributed by atoms with Gasteiger partial charge in [-0.3, -0.25) is 9.59 Å². The van der Waals surface area contributed by atoms with Crippen molar-refractivity contribution in [3.63, 3.8) is 0 Å². The monoisotopic (exact) mass is 336 g/mol. The van der Waals surface area contributed by atoms with Gasteiger partial charge in [-0.15, -0.1) is 0 Å². The summed E-state index contributed by atoms with van der Waals surface area (Å²) in [7, 11) is 0. The molecule has 1 atom stereocenters. The number of nitrogens with one attached hydrogen (secondary N) is 1. The van der Waals surface area contributed by atoms with Gasteiger partial charge in [-0.1, -0.05) is 23.7 Å². The predicted octanol–water partition coefficient (Wildman–Crippen LogP) is 1.91. The van der Waals surface area contributed by atoms with E-state index in [-0.39, 0.29) is 28.6 Å². The van der Waals surface area contributed by atoms with Gasteiger partial charge in [-0.2, -0.15) is 0 Å². The molecule has 0 unspecified atom stereocenters. The minimum absolute atomic E-state index is 0.0811. The zero-order valence-corrected chi connectivity index (χ0v) is 13.5. The smallest absolute Gasteiger partial charge is 0.258 e. The number of aromatic nitrogens is 1. The number of para-hydroxylation sites is 1. The van der Waals surface area contributed by atoms with Crippen molar-refractivity contribution >= 4 is 23.2 Å². The van der Waals surface area contributed by atoms with Crippen LogP contribution < -0.4 is 10.9 Å². The third-order valence-electron chi connectivity index (χ3n) is 3.46. The second kappa shape index (κ2) is 6.44. The van der Waals surface area contributed by atoms with Gasteiger partial charge in [0.15, 0.2) is 11.4 Å². The van der Waals surface area contributed by atoms with Crippen molar-refractivity contribution in [2.24, 2.45) is 0 Å². The van der Waals surface area contributed by atoms with Gasteiger partial charge in [0.25, 0.3) is 11.5 Å². The zero-order valence-electron chi connectivity index (χ0n) is 12.7. The molecular formula is C16H17ClN2O4. The van der Waals surface area contributed by atoms with E-state index in [4.69, 9.17) is 11.6 Å². The highest BCUT2D eigenvalue weighted by molar-refractivity contribution is 6.32. The Hall–Kier alpha value is -2.31. The van der Waals surface area contributed by atoms with Gasteiger partial charge in [0, 0.05) is 11.8 Å². The Bertz CT molecular complexity index is 799. The number of pyridine rings is 1. The summed E-state index contributed by atoms with van der Waals surface area (Å²) in [5.41, 5.74) is -1.47. The fourth-order valence-electron chi connectivity index (χ4n) is 2.08. The highest BCUT2D eigenvalue weighted by Gasteiger charge is 2.32. The number of nitrogens with zero attached hydrogens (tertiary/aromatic N) is 1. The summed E-state index contributed by atoms with van der Waals surface area (Å²) in [6.07, 6.45) is 0. The molecule has 0 saturated carbocycles. The van der Waals surface area contributed by atoms with Crippen LogP contribution >= 0.6 is 11.6 Å². The molecule has 1 amide bonds. The number of hydrogen-bond acceptors (Lipinski definition) is 4. The number of phenols is 1. The fourth-order valence-corrected chi connectivity index (χ4v) is 2.25. The largest absolute Gasteiger partial charge is 0.504 e. The summed E-state index contributed by atoms with van der Waals surface area (Å²) in [6.45, 7) is 2.78. The molecule has 0 aliphatic rings. The molecule has 0 aliphatic carbocycles. The van der Waals surface area contributed by atoms with E-state index in [1.807, 2.05) is 0 Å². The first-order valence-electron chi connectivity index (χ1n) is 6.90. The third kappa shape index (κ3) is 3.72. The second-order valence-corrected chi connectivity index (χ2v) is 5.86. The highest BCUT2D eigenvalue weighted by atomic mass is 35.5. The Kier molecular flexibility index (Phi) is 4.77. The van der Waals surface area contributed by atoms with Gasteiger partial charge >= 0.3 is 0 Å². The summed E-state index contributed by atoms with van der Waals surface area (Å²) >= 11 is 5.77. The Balaban J connectivity index is 2.24. The lowest BCUT2D eigenvalue weighted by Crippen LogP contribution is -2.46. The summed E-state index contributed by atoms with van der Waals surface area (Å²) < 4.78 is 1.30. The molecule has 0 bridgehead atoms. The van der Waals surface area contributed by atoms with Crippen LogP contribution in [0.15, 0.2) is 41.2 Å². The van der Waals surface area contributed by atoms with E-state index in [9.17, 15) is 19.8 Å². The van der Waals surface area contributed by atoms with Gasteiger partial charge in [0.05, 0.1) is 17.3 Å². The number of rotatable bonds is 4.